The van der Waals surface area contributed by atoms with Gasteiger partial charge in [-0.2, -0.15) is 0 Å². The van der Waals surface area contributed by atoms with E-state index in [0.29, 0.717) is 0 Å². The summed E-state index contributed by atoms with van der Waals surface area (Å²) in [7, 11) is 0. The molecule has 3 rings (SSSR count). The van der Waals surface area contributed by atoms with Gasteiger partial charge in [0.15, 0.2) is 18.9 Å². The van der Waals surface area contributed by atoms with Gasteiger partial charge in [0, 0.05) is 65.1 Å². The van der Waals surface area contributed by atoms with E-state index in [1.165, 1.54) is 20.8 Å². The molecule has 39 nitrogen and oxygen atoms in total. The molecule has 3 aliphatic rings. The third kappa shape index (κ3) is 39.6. The Labute approximate surface area is 587 Å². The van der Waals surface area contributed by atoms with Crippen molar-refractivity contribution in [2.45, 2.75) is 139 Å². The number of aliphatic hydroxyl groups is 9. The Morgan fingerprint density at radius 1 is 0.317 bits per heavy atom. The van der Waals surface area contributed by atoms with Crippen molar-refractivity contribution in [3.63, 3.8) is 0 Å². The molecular formula is C62H114N6O33. The van der Waals surface area contributed by atoms with E-state index in [4.69, 9.17) is 85.3 Å². The van der Waals surface area contributed by atoms with Gasteiger partial charge in [-0.15, -0.1) is 0 Å². The molecule has 0 aliphatic carbocycles. The second-order valence-electron chi connectivity index (χ2n) is 23.7. The maximum Gasteiger partial charge on any atom is 0.222 e. The fourth-order valence-corrected chi connectivity index (χ4v) is 9.76. The molecule has 3 aliphatic heterocycles. The van der Waals surface area contributed by atoms with Crippen LogP contribution in [0.5, 0.6) is 0 Å². The minimum atomic E-state index is -1.42. The third-order valence-electron chi connectivity index (χ3n) is 15.0. The largest absolute Gasteiger partial charge is 0.394 e. The highest BCUT2D eigenvalue weighted by atomic mass is 16.7. The van der Waals surface area contributed by atoms with Crippen LogP contribution in [0, 0.1) is 5.41 Å². The van der Waals surface area contributed by atoms with Gasteiger partial charge in [0.25, 0.3) is 0 Å². The molecule has 3 saturated heterocycles. The zero-order valence-corrected chi connectivity index (χ0v) is 58.4. The van der Waals surface area contributed by atoms with Crippen LogP contribution >= 0.6 is 0 Å². The zero-order chi connectivity index (χ0) is 74.1. The molecule has 0 spiro atoms. The van der Waals surface area contributed by atoms with Crippen LogP contribution in [0.2, 0.25) is 0 Å². The van der Waals surface area contributed by atoms with Gasteiger partial charge in [0.2, 0.25) is 35.4 Å². The van der Waals surface area contributed by atoms with E-state index in [0.717, 1.165) is 0 Å². The minimum absolute atomic E-state index is 0.0227. The molecule has 101 heavy (non-hydrogen) atoms. The molecule has 0 aromatic rings. The molecule has 590 valence electrons. The van der Waals surface area contributed by atoms with E-state index in [9.17, 15) is 74.7 Å². The van der Waals surface area contributed by atoms with E-state index < -0.39 is 135 Å². The lowest BCUT2D eigenvalue weighted by Gasteiger charge is -2.42. The molecule has 15 unspecified atom stereocenters. The molecule has 6 amide bonds. The molecule has 0 bridgehead atoms. The summed E-state index contributed by atoms with van der Waals surface area (Å²) in [5.41, 5.74) is -0.752. The average Bonchev–Trinajstić information content (AvgIpc) is 0.826. The van der Waals surface area contributed by atoms with Crippen LogP contribution in [0.3, 0.4) is 0 Å². The van der Waals surface area contributed by atoms with Crippen molar-refractivity contribution >= 4 is 35.4 Å². The number of rotatable bonds is 60. The summed E-state index contributed by atoms with van der Waals surface area (Å²) in [6.07, 6.45) is -15.1. The maximum atomic E-state index is 12.6. The van der Waals surface area contributed by atoms with Crippen molar-refractivity contribution in [2.24, 2.45) is 5.41 Å². The zero-order valence-electron chi connectivity index (χ0n) is 58.4. The topological polar surface area (TPSA) is 523 Å². The quantitative estimate of drug-likeness (QED) is 0.0252. The number of ether oxygens (including phenoxy) is 18. The van der Waals surface area contributed by atoms with Crippen LogP contribution < -0.4 is 31.9 Å². The van der Waals surface area contributed by atoms with Crippen molar-refractivity contribution < 1.29 is 160 Å². The van der Waals surface area contributed by atoms with Crippen LogP contribution in [0.4, 0.5) is 0 Å². The third-order valence-corrected chi connectivity index (χ3v) is 15.0. The predicted molar refractivity (Wildman–Crippen MR) is 345 cm³/mol. The van der Waals surface area contributed by atoms with Gasteiger partial charge in [-0.3, -0.25) is 28.8 Å². The van der Waals surface area contributed by atoms with Gasteiger partial charge in [-0.1, -0.05) is 6.92 Å². The normalized spacial score (nSPS) is 25.8. The lowest BCUT2D eigenvalue weighted by atomic mass is 9.94. The van der Waals surface area contributed by atoms with Crippen LogP contribution in [-0.2, 0) is 114 Å². The molecule has 0 saturated carbocycles. The summed E-state index contributed by atoms with van der Waals surface area (Å²) >= 11 is 0. The van der Waals surface area contributed by atoms with E-state index >= 15 is 0 Å². The number of amides is 6. The maximum absolute atomic E-state index is 12.6. The fraction of sp³-hybridized carbons (Fsp3) is 0.903. The van der Waals surface area contributed by atoms with E-state index in [1.807, 2.05) is 6.92 Å². The van der Waals surface area contributed by atoms with Crippen molar-refractivity contribution in [1.29, 1.82) is 0 Å². The summed E-state index contributed by atoms with van der Waals surface area (Å²) in [5.74, 6) is -2.20. The first kappa shape index (κ1) is 91.0. The van der Waals surface area contributed by atoms with Crippen molar-refractivity contribution in [2.75, 3.05) is 218 Å². The second-order valence-corrected chi connectivity index (χ2v) is 23.7. The monoisotopic (exact) mass is 1470 g/mol. The SMILES string of the molecule is CC(=O)NC1C(OCCOCCOCCOCCNC(=O)CCOCC(C)(COCCC(=O)NCCOCCOCCOCCOC2OC(CO)C(O)C(O)C2NC(C)=O)COCCC(=O)NCCOCCOCCOCCOC2OC(CO)C(O)C(O)C2NC(C)=O)OC(CO)C(O)C1O. The van der Waals surface area contributed by atoms with E-state index in [2.05, 4.69) is 31.9 Å². The first-order valence-electron chi connectivity index (χ1n) is 33.9. The highest BCUT2D eigenvalue weighted by molar-refractivity contribution is 5.77. The Kier molecular flexibility index (Phi) is 49.7. The minimum Gasteiger partial charge on any atom is -0.394 e. The summed E-state index contributed by atoms with van der Waals surface area (Å²) in [4.78, 5) is 72.7. The van der Waals surface area contributed by atoms with Crippen LogP contribution in [0.1, 0.15) is 47.0 Å². The highest BCUT2D eigenvalue weighted by Crippen LogP contribution is 2.25. The highest BCUT2D eigenvalue weighted by Gasteiger charge is 2.48. The Balaban J connectivity index is 1.27. The Morgan fingerprint density at radius 2 is 0.535 bits per heavy atom. The molecule has 0 radical (unpaired) electrons. The van der Waals surface area contributed by atoms with Gasteiger partial charge in [0.05, 0.1) is 198 Å². The average molecular weight is 1470 g/mol. The second kappa shape index (κ2) is 55.2. The number of hydrogen-bond acceptors (Lipinski definition) is 33. The van der Waals surface area contributed by atoms with Crippen molar-refractivity contribution in [3.8, 4) is 0 Å². The molecule has 15 N–H and O–H groups in total. The first-order chi connectivity index (χ1) is 48.6. The van der Waals surface area contributed by atoms with E-state index in [-0.39, 0.29) is 235 Å². The summed E-state index contributed by atoms with van der Waals surface area (Å²) < 4.78 is 101. The first-order valence-corrected chi connectivity index (χ1v) is 33.9. The van der Waals surface area contributed by atoms with Gasteiger partial charge in [-0.05, 0) is 0 Å². The van der Waals surface area contributed by atoms with Crippen LogP contribution in [-0.4, -0.2) is 391 Å². The molecule has 3 fully saturated rings. The molecule has 3 heterocycles. The van der Waals surface area contributed by atoms with Crippen molar-refractivity contribution in [3.05, 3.63) is 0 Å². The van der Waals surface area contributed by atoms with Gasteiger partial charge >= 0.3 is 0 Å². The predicted octanol–water partition coefficient (Wildman–Crippen LogP) is -8.41. The van der Waals surface area contributed by atoms with Crippen LogP contribution in [0.15, 0.2) is 0 Å². The smallest absolute Gasteiger partial charge is 0.222 e. The molecule has 0 aromatic heterocycles. The lowest BCUT2D eigenvalue weighted by Crippen LogP contribution is -2.64. The molecule has 0 aromatic carbocycles. The van der Waals surface area contributed by atoms with Crippen molar-refractivity contribution in [1.82, 2.24) is 31.9 Å². The molecule has 39 heteroatoms. The number of aliphatic hydroxyl groups excluding tert-OH is 9. The van der Waals surface area contributed by atoms with Gasteiger partial charge in [0.1, 0.15) is 73.1 Å². The summed E-state index contributed by atoms with van der Waals surface area (Å²) in [6.45, 7) is 9.26. The van der Waals surface area contributed by atoms with E-state index in [1.54, 1.807) is 0 Å². The Hall–Kier alpha value is -4.26. The van der Waals surface area contributed by atoms with Gasteiger partial charge in [-0.25, -0.2) is 0 Å². The Bertz CT molecular complexity index is 1980. The Morgan fingerprint density at radius 3 is 0.752 bits per heavy atom. The number of hydrogen-bond donors (Lipinski definition) is 15. The van der Waals surface area contributed by atoms with Gasteiger partial charge < -0.3 is 163 Å². The summed E-state index contributed by atoms with van der Waals surface area (Å²) in [6, 6.07) is -3.17. The number of nitrogens with one attached hydrogen (secondary N) is 6. The molecular weight excluding hydrogens is 1360 g/mol. The lowest BCUT2D eigenvalue weighted by molar-refractivity contribution is -0.272. The standard InChI is InChI=1S/C62H114N6O33/c1-41(72)66-50-56(81)53(78)44(35-69)99-59(50)96-32-29-90-26-23-87-20-17-84-14-8-63-47(75)5-11-93-38-62(4,39-94-12-6-48(76)64-9-15-85-18-21-88-24-27-91-30-33-97-60-51(67-42(2)73)57(82)54(79)45(36-70)100-60)40-95-13-7-49(77)65-10-16-86-19-22-89-25-28-92-31-34-98-61-52(68-43(3)74)58(83)55(80)46(37-71)101-61/h44-46,50-61,69-71,78-83H,5-40H2,1-4H3,(H,63,75)(H,64,76)(H,65,77)(H,66,72)(H,67,73)(H,68,74). The van der Waals surface area contributed by atoms with Crippen LogP contribution in [0.25, 0.3) is 0 Å². The molecule has 15 atom stereocenters. The number of carbonyl (C=O) groups is 6. The number of carbonyl (C=O) groups excluding carboxylic acids is 6. The summed E-state index contributed by atoms with van der Waals surface area (Å²) in [5, 5.41) is 106. The fourth-order valence-electron chi connectivity index (χ4n) is 9.76.